The van der Waals surface area contributed by atoms with Crippen molar-refractivity contribution in [2.45, 2.75) is 18.9 Å². The van der Waals surface area contributed by atoms with Gasteiger partial charge in [-0.3, -0.25) is 9.69 Å². The van der Waals surface area contributed by atoms with Crippen LogP contribution in [0.25, 0.3) is 6.08 Å². The summed E-state index contributed by atoms with van der Waals surface area (Å²) in [4.78, 5) is 16.5. The number of hydrogen-bond donors (Lipinski definition) is 1. The molecule has 1 N–H and O–H groups in total. The first kappa shape index (κ1) is 15.3. The lowest BCUT2D eigenvalue weighted by atomic mass is 10.2. The maximum Gasteiger partial charge on any atom is 0.236 e. The summed E-state index contributed by atoms with van der Waals surface area (Å²) in [5.41, 5.74) is 1.24. The van der Waals surface area contributed by atoms with Crippen molar-refractivity contribution in [3.05, 3.63) is 42.0 Å². The number of nitrogens with one attached hydrogen (secondary N) is 1. The molecule has 3 rings (SSSR count). The van der Waals surface area contributed by atoms with Gasteiger partial charge in [0.15, 0.2) is 0 Å². The highest BCUT2D eigenvalue weighted by Gasteiger charge is 2.24. The second kappa shape index (κ2) is 7.56. The fourth-order valence-corrected chi connectivity index (χ4v) is 2.71. The van der Waals surface area contributed by atoms with Gasteiger partial charge in [-0.1, -0.05) is 42.5 Å². The molecule has 0 aromatic heterocycles. The Morgan fingerprint density at radius 3 is 2.55 bits per heavy atom. The van der Waals surface area contributed by atoms with E-state index in [1.807, 2.05) is 11.0 Å². The third kappa shape index (κ3) is 4.68. The van der Waals surface area contributed by atoms with Crippen LogP contribution in [0.1, 0.15) is 18.4 Å². The minimum atomic E-state index is 0.256. The van der Waals surface area contributed by atoms with Gasteiger partial charge in [-0.05, 0) is 18.4 Å². The molecule has 4 heteroatoms. The Bertz CT molecular complexity index is 502. The van der Waals surface area contributed by atoms with Gasteiger partial charge in [0.2, 0.25) is 5.91 Å². The highest BCUT2D eigenvalue weighted by atomic mass is 16.2. The predicted molar refractivity (Wildman–Crippen MR) is 89.5 cm³/mol. The quantitative estimate of drug-likeness (QED) is 0.866. The smallest absolute Gasteiger partial charge is 0.236 e. The Hall–Kier alpha value is -1.65. The van der Waals surface area contributed by atoms with Crippen LogP contribution in [0.2, 0.25) is 0 Å². The predicted octanol–water partition coefficient (Wildman–Crippen LogP) is 1.60. The van der Waals surface area contributed by atoms with Crippen LogP contribution in [0.3, 0.4) is 0 Å². The van der Waals surface area contributed by atoms with Crippen molar-refractivity contribution in [1.82, 2.24) is 15.1 Å². The lowest BCUT2D eigenvalue weighted by Crippen LogP contribution is -2.50. The van der Waals surface area contributed by atoms with Crippen LogP contribution in [0.4, 0.5) is 0 Å². The number of rotatable bonds is 6. The molecule has 0 bridgehead atoms. The molecule has 1 aliphatic heterocycles. The molecular formula is C18H25N3O. The molecule has 118 valence electrons. The van der Waals surface area contributed by atoms with Crippen molar-refractivity contribution in [3.63, 3.8) is 0 Å². The van der Waals surface area contributed by atoms with E-state index < -0.39 is 0 Å². The van der Waals surface area contributed by atoms with Crippen LogP contribution in [-0.2, 0) is 4.79 Å². The van der Waals surface area contributed by atoms with E-state index in [0.717, 1.165) is 32.7 Å². The van der Waals surface area contributed by atoms with Gasteiger partial charge in [0.1, 0.15) is 0 Å². The van der Waals surface area contributed by atoms with Crippen LogP contribution in [0, 0.1) is 0 Å². The molecule has 2 aliphatic rings. The third-order valence-corrected chi connectivity index (χ3v) is 4.32. The van der Waals surface area contributed by atoms with E-state index in [4.69, 9.17) is 0 Å². The first-order chi connectivity index (χ1) is 10.8. The molecule has 1 saturated heterocycles. The minimum absolute atomic E-state index is 0.256. The number of carbonyl (C=O) groups excluding carboxylic acids is 1. The summed E-state index contributed by atoms with van der Waals surface area (Å²) < 4.78 is 0. The second-order valence-electron chi connectivity index (χ2n) is 6.15. The summed E-state index contributed by atoms with van der Waals surface area (Å²) in [7, 11) is 0. The van der Waals surface area contributed by atoms with Gasteiger partial charge >= 0.3 is 0 Å². The maximum absolute atomic E-state index is 12.1. The highest BCUT2D eigenvalue weighted by Crippen LogP contribution is 2.18. The Balaban J connectivity index is 1.36. The second-order valence-corrected chi connectivity index (χ2v) is 6.15. The Kier molecular flexibility index (Phi) is 5.24. The number of carbonyl (C=O) groups is 1. The summed E-state index contributed by atoms with van der Waals surface area (Å²) in [6.45, 7) is 5.10. The molecule has 4 nitrogen and oxygen atoms in total. The van der Waals surface area contributed by atoms with Gasteiger partial charge in [0.05, 0.1) is 6.54 Å². The van der Waals surface area contributed by atoms with E-state index >= 15 is 0 Å². The SMILES string of the molecule is O=C(CNC1CC1)N1CCN(C/C=C/c2ccccc2)CC1. The van der Waals surface area contributed by atoms with E-state index in [2.05, 4.69) is 46.6 Å². The maximum atomic E-state index is 12.1. The molecule has 0 unspecified atom stereocenters. The molecule has 1 amide bonds. The largest absolute Gasteiger partial charge is 0.339 e. The lowest BCUT2D eigenvalue weighted by molar-refractivity contribution is -0.131. The van der Waals surface area contributed by atoms with Gasteiger partial charge < -0.3 is 10.2 Å². The van der Waals surface area contributed by atoms with Gasteiger partial charge in [-0.15, -0.1) is 0 Å². The normalized spacial score (nSPS) is 19.7. The van der Waals surface area contributed by atoms with Crippen molar-refractivity contribution >= 4 is 12.0 Å². The van der Waals surface area contributed by atoms with Crippen LogP contribution in [0.5, 0.6) is 0 Å². The Morgan fingerprint density at radius 1 is 1.14 bits per heavy atom. The summed E-state index contributed by atoms with van der Waals surface area (Å²) in [6, 6.07) is 11.0. The highest BCUT2D eigenvalue weighted by molar-refractivity contribution is 5.78. The molecule has 0 spiro atoms. The van der Waals surface area contributed by atoms with Crippen molar-refractivity contribution in [3.8, 4) is 0 Å². The van der Waals surface area contributed by atoms with Crippen molar-refractivity contribution < 1.29 is 4.79 Å². The molecule has 0 atom stereocenters. The average molecular weight is 299 g/mol. The number of piperazine rings is 1. The fraction of sp³-hybridized carbons (Fsp3) is 0.500. The average Bonchev–Trinajstić information content (AvgIpc) is 3.39. The van der Waals surface area contributed by atoms with Gasteiger partial charge in [0.25, 0.3) is 0 Å². The van der Waals surface area contributed by atoms with Gasteiger partial charge in [0, 0.05) is 38.8 Å². The van der Waals surface area contributed by atoms with Gasteiger partial charge in [-0.2, -0.15) is 0 Å². The molecule has 0 radical (unpaired) electrons. The Morgan fingerprint density at radius 2 is 1.86 bits per heavy atom. The monoisotopic (exact) mass is 299 g/mol. The standard InChI is InChI=1S/C18H25N3O/c22-18(15-19-17-8-9-17)21-13-11-20(12-14-21)10-4-7-16-5-2-1-3-6-16/h1-7,17,19H,8-15H2/b7-4+. The van der Waals surface area contributed by atoms with Crippen LogP contribution in [-0.4, -0.2) is 61.0 Å². The van der Waals surface area contributed by atoms with E-state index in [9.17, 15) is 4.79 Å². The van der Waals surface area contributed by atoms with Crippen molar-refractivity contribution in [2.75, 3.05) is 39.3 Å². The van der Waals surface area contributed by atoms with Crippen molar-refractivity contribution in [1.29, 1.82) is 0 Å². The summed E-state index contributed by atoms with van der Waals surface area (Å²) >= 11 is 0. The van der Waals surface area contributed by atoms with Gasteiger partial charge in [-0.25, -0.2) is 0 Å². The van der Waals surface area contributed by atoms with Crippen LogP contribution in [0.15, 0.2) is 36.4 Å². The number of amides is 1. The van der Waals surface area contributed by atoms with E-state index in [1.165, 1.54) is 18.4 Å². The molecule has 1 saturated carbocycles. The fourth-order valence-electron chi connectivity index (χ4n) is 2.71. The third-order valence-electron chi connectivity index (χ3n) is 4.32. The van der Waals surface area contributed by atoms with E-state index in [1.54, 1.807) is 0 Å². The Labute approximate surface area is 132 Å². The van der Waals surface area contributed by atoms with Crippen LogP contribution < -0.4 is 5.32 Å². The first-order valence-corrected chi connectivity index (χ1v) is 8.26. The zero-order chi connectivity index (χ0) is 15.2. The first-order valence-electron chi connectivity index (χ1n) is 8.26. The zero-order valence-corrected chi connectivity index (χ0v) is 13.1. The van der Waals surface area contributed by atoms with Crippen LogP contribution >= 0.6 is 0 Å². The van der Waals surface area contributed by atoms with E-state index in [0.29, 0.717) is 12.6 Å². The number of hydrogen-bond acceptors (Lipinski definition) is 3. The van der Waals surface area contributed by atoms with E-state index in [-0.39, 0.29) is 5.91 Å². The molecule has 1 aliphatic carbocycles. The molecule has 2 fully saturated rings. The number of benzene rings is 1. The molecule has 1 heterocycles. The summed E-state index contributed by atoms with van der Waals surface area (Å²) in [5, 5.41) is 3.30. The topological polar surface area (TPSA) is 35.6 Å². The zero-order valence-electron chi connectivity index (χ0n) is 13.1. The molecule has 1 aromatic carbocycles. The molecule has 1 aromatic rings. The summed E-state index contributed by atoms with van der Waals surface area (Å²) in [5.74, 6) is 0.256. The molecule has 22 heavy (non-hydrogen) atoms. The lowest BCUT2D eigenvalue weighted by Gasteiger charge is -2.34. The summed E-state index contributed by atoms with van der Waals surface area (Å²) in [6.07, 6.45) is 6.84. The molecular weight excluding hydrogens is 274 g/mol. The minimum Gasteiger partial charge on any atom is -0.339 e. The van der Waals surface area contributed by atoms with Crippen molar-refractivity contribution in [2.24, 2.45) is 0 Å². The number of nitrogens with zero attached hydrogens (tertiary/aromatic N) is 2.